The molecular formula is C14H20FNO. The molecule has 0 aliphatic heterocycles. The lowest BCUT2D eigenvalue weighted by atomic mass is 10.2. The van der Waals surface area contributed by atoms with Crippen LogP contribution in [0.25, 0.3) is 0 Å². The molecule has 0 saturated carbocycles. The summed E-state index contributed by atoms with van der Waals surface area (Å²) in [5, 5.41) is 0. The molecule has 3 heteroatoms. The average Bonchev–Trinajstić information content (AvgIpc) is 2.35. The van der Waals surface area contributed by atoms with E-state index in [-0.39, 0.29) is 18.1 Å². The van der Waals surface area contributed by atoms with E-state index in [0.717, 1.165) is 19.3 Å². The van der Waals surface area contributed by atoms with Crippen LogP contribution in [0.4, 0.5) is 4.39 Å². The van der Waals surface area contributed by atoms with Gasteiger partial charge in [-0.15, -0.1) is 0 Å². The largest absolute Gasteiger partial charge is 0.490 e. The molecular weight excluding hydrogens is 217 g/mol. The zero-order valence-corrected chi connectivity index (χ0v) is 10.3. The van der Waals surface area contributed by atoms with Crippen LogP contribution in [0.5, 0.6) is 5.75 Å². The third-order valence-corrected chi connectivity index (χ3v) is 2.43. The molecule has 1 rings (SSSR count). The summed E-state index contributed by atoms with van der Waals surface area (Å²) >= 11 is 0. The Morgan fingerprint density at radius 1 is 1.29 bits per heavy atom. The van der Waals surface area contributed by atoms with Gasteiger partial charge in [0, 0.05) is 12.1 Å². The molecule has 17 heavy (non-hydrogen) atoms. The van der Waals surface area contributed by atoms with E-state index >= 15 is 0 Å². The molecule has 0 heterocycles. The molecule has 0 amide bonds. The highest BCUT2D eigenvalue weighted by Crippen LogP contribution is 2.20. The van der Waals surface area contributed by atoms with Crippen molar-refractivity contribution < 1.29 is 9.13 Å². The van der Waals surface area contributed by atoms with Crippen molar-refractivity contribution in [3.8, 4) is 5.75 Å². The molecule has 0 bridgehead atoms. The monoisotopic (exact) mass is 237 g/mol. The Labute approximate surface area is 102 Å². The smallest absolute Gasteiger partial charge is 0.169 e. The lowest BCUT2D eigenvalue weighted by Crippen LogP contribution is -2.03. The molecule has 0 aliphatic carbocycles. The Morgan fingerprint density at radius 3 is 2.76 bits per heavy atom. The lowest BCUT2D eigenvalue weighted by molar-refractivity contribution is 0.306. The second-order valence-electron chi connectivity index (χ2n) is 3.83. The fourth-order valence-electron chi connectivity index (χ4n) is 1.46. The van der Waals surface area contributed by atoms with Crippen LogP contribution in [0.3, 0.4) is 0 Å². The van der Waals surface area contributed by atoms with Gasteiger partial charge >= 0.3 is 0 Å². The fourth-order valence-corrected chi connectivity index (χ4v) is 1.46. The van der Waals surface area contributed by atoms with E-state index in [1.165, 1.54) is 0 Å². The van der Waals surface area contributed by atoms with Crippen molar-refractivity contribution in [1.29, 1.82) is 0 Å². The van der Waals surface area contributed by atoms with Gasteiger partial charge in [-0.1, -0.05) is 37.6 Å². The predicted molar refractivity (Wildman–Crippen MR) is 68.5 cm³/mol. The van der Waals surface area contributed by atoms with Gasteiger partial charge in [0.05, 0.1) is 6.61 Å². The zero-order valence-electron chi connectivity index (χ0n) is 10.3. The van der Waals surface area contributed by atoms with Gasteiger partial charge in [-0.25, -0.2) is 4.39 Å². The maximum atomic E-state index is 13.7. The standard InChI is InChI=1S/C14H20FNO/c1-2-3-4-5-6-10-17-13-9-7-8-12(11-16)14(13)15/h4-5,7-9H,2-3,6,10-11,16H2,1H3. The Balaban J connectivity index is 2.41. The third-order valence-electron chi connectivity index (χ3n) is 2.43. The van der Waals surface area contributed by atoms with E-state index in [2.05, 4.69) is 19.1 Å². The van der Waals surface area contributed by atoms with Crippen LogP contribution in [-0.4, -0.2) is 6.61 Å². The molecule has 94 valence electrons. The topological polar surface area (TPSA) is 35.2 Å². The third kappa shape index (κ3) is 4.57. The van der Waals surface area contributed by atoms with E-state index in [1.807, 2.05) is 0 Å². The molecule has 0 fully saturated rings. The van der Waals surface area contributed by atoms with E-state index in [9.17, 15) is 4.39 Å². The Bertz CT molecular complexity index is 363. The molecule has 0 saturated heterocycles. The number of hydrogen-bond acceptors (Lipinski definition) is 2. The van der Waals surface area contributed by atoms with Crippen molar-refractivity contribution in [2.24, 2.45) is 5.73 Å². The van der Waals surface area contributed by atoms with E-state index < -0.39 is 0 Å². The van der Waals surface area contributed by atoms with Crippen LogP contribution in [0.15, 0.2) is 30.4 Å². The van der Waals surface area contributed by atoms with Crippen LogP contribution < -0.4 is 10.5 Å². The molecule has 2 nitrogen and oxygen atoms in total. The second kappa shape index (κ2) is 7.85. The first-order valence-corrected chi connectivity index (χ1v) is 6.04. The summed E-state index contributed by atoms with van der Waals surface area (Å²) in [5.74, 6) is -0.0515. The first-order chi connectivity index (χ1) is 8.29. The number of nitrogens with two attached hydrogens (primary N) is 1. The van der Waals surface area contributed by atoms with Gasteiger partial charge < -0.3 is 10.5 Å². The molecule has 1 aromatic rings. The van der Waals surface area contributed by atoms with Crippen LogP contribution in [-0.2, 0) is 6.54 Å². The van der Waals surface area contributed by atoms with Gasteiger partial charge in [0.25, 0.3) is 0 Å². The first-order valence-electron chi connectivity index (χ1n) is 6.04. The van der Waals surface area contributed by atoms with E-state index in [4.69, 9.17) is 10.5 Å². The molecule has 2 N–H and O–H groups in total. The highest BCUT2D eigenvalue weighted by Gasteiger charge is 2.06. The van der Waals surface area contributed by atoms with Gasteiger partial charge in [-0.05, 0) is 18.9 Å². The van der Waals surface area contributed by atoms with E-state index in [1.54, 1.807) is 18.2 Å². The minimum absolute atomic E-state index is 0.194. The molecule has 0 spiro atoms. The zero-order chi connectivity index (χ0) is 12.5. The summed E-state index contributed by atoms with van der Waals surface area (Å²) in [7, 11) is 0. The van der Waals surface area contributed by atoms with Crippen LogP contribution in [0, 0.1) is 5.82 Å². The number of allylic oxidation sites excluding steroid dienone is 1. The van der Waals surface area contributed by atoms with Crippen molar-refractivity contribution in [2.75, 3.05) is 6.61 Å². The molecule has 0 aliphatic rings. The molecule has 0 atom stereocenters. The predicted octanol–water partition coefficient (Wildman–Crippen LogP) is 3.41. The SMILES string of the molecule is CCCC=CCCOc1cccc(CN)c1F. The highest BCUT2D eigenvalue weighted by molar-refractivity contribution is 5.30. The van der Waals surface area contributed by atoms with Gasteiger partial charge in [0.2, 0.25) is 0 Å². The summed E-state index contributed by atoms with van der Waals surface area (Å²) in [6, 6.07) is 5.06. The number of rotatable bonds is 7. The summed E-state index contributed by atoms with van der Waals surface area (Å²) < 4.78 is 19.1. The van der Waals surface area contributed by atoms with Crippen LogP contribution in [0.2, 0.25) is 0 Å². The lowest BCUT2D eigenvalue weighted by Gasteiger charge is -2.08. The van der Waals surface area contributed by atoms with Crippen LogP contribution >= 0.6 is 0 Å². The number of halogens is 1. The Morgan fingerprint density at radius 2 is 2.06 bits per heavy atom. The summed E-state index contributed by atoms with van der Waals surface area (Å²) in [6.45, 7) is 2.82. The number of hydrogen-bond donors (Lipinski definition) is 1. The maximum absolute atomic E-state index is 13.7. The van der Waals surface area contributed by atoms with Crippen molar-refractivity contribution in [1.82, 2.24) is 0 Å². The Kier molecular flexibility index (Phi) is 6.33. The molecule has 0 unspecified atom stereocenters. The van der Waals surface area contributed by atoms with Crippen LogP contribution in [0.1, 0.15) is 31.7 Å². The molecule has 1 aromatic carbocycles. The van der Waals surface area contributed by atoms with Crippen molar-refractivity contribution in [2.45, 2.75) is 32.7 Å². The fraction of sp³-hybridized carbons (Fsp3) is 0.429. The summed E-state index contributed by atoms with van der Waals surface area (Å²) in [5.41, 5.74) is 5.91. The van der Waals surface area contributed by atoms with Gasteiger partial charge in [0.1, 0.15) is 0 Å². The van der Waals surface area contributed by atoms with Crippen molar-refractivity contribution in [3.05, 3.63) is 41.7 Å². The normalized spacial score (nSPS) is 11.0. The second-order valence-corrected chi connectivity index (χ2v) is 3.83. The van der Waals surface area contributed by atoms with Gasteiger partial charge in [-0.2, -0.15) is 0 Å². The number of ether oxygens (including phenoxy) is 1. The highest BCUT2D eigenvalue weighted by atomic mass is 19.1. The quantitative estimate of drug-likeness (QED) is 0.582. The first kappa shape index (κ1) is 13.7. The minimum Gasteiger partial charge on any atom is -0.490 e. The van der Waals surface area contributed by atoms with Crippen molar-refractivity contribution in [3.63, 3.8) is 0 Å². The van der Waals surface area contributed by atoms with Gasteiger partial charge in [-0.3, -0.25) is 0 Å². The van der Waals surface area contributed by atoms with E-state index in [0.29, 0.717) is 12.2 Å². The van der Waals surface area contributed by atoms with Gasteiger partial charge in [0.15, 0.2) is 11.6 Å². The Hall–Kier alpha value is -1.35. The maximum Gasteiger partial charge on any atom is 0.169 e. The summed E-state index contributed by atoms with van der Waals surface area (Å²) in [4.78, 5) is 0. The molecule has 0 radical (unpaired) electrons. The number of unbranched alkanes of at least 4 members (excludes halogenated alkanes) is 1. The summed E-state index contributed by atoms with van der Waals surface area (Å²) in [6.07, 6.45) is 7.21. The molecule has 0 aromatic heterocycles. The minimum atomic E-state index is -0.340. The number of benzene rings is 1. The van der Waals surface area contributed by atoms with Crippen molar-refractivity contribution >= 4 is 0 Å². The average molecular weight is 237 g/mol.